The van der Waals surface area contributed by atoms with E-state index in [1.165, 1.54) is 23.5 Å². The third kappa shape index (κ3) is 8.56. The van der Waals surface area contributed by atoms with E-state index in [4.69, 9.17) is 4.74 Å². The summed E-state index contributed by atoms with van der Waals surface area (Å²) < 4.78 is 5.58. The molecule has 2 nitrogen and oxygen atoms in total. The number of benzene rings is 1. The number of thioether (sulfide) groups is 1. The molecular formula is C15H25NOS. The molecule has 18 heavy (non-hydrogen) atoms. The van der Waals surface area contributed by atoms with Gasteiger partial charge in [-0.1, -0.05) is 37.3 Å². The summed E-state index contributed by atoms with van der Waals surface area (Å²) in [6.45, 7) is 5.96. The molecule has 0 atom stereocenters. The molecule has 0 saturated heterocycles. The molecule has 0 unspecified atom stereocenters. The second-order valence-corrected chi connectivity index (χ2v) is 5.57. The topological polar surface area (TPSA) is 21.3 Å². The normalized spacial score (nSPS) is 10.7. The molecule has 102 valence electrons. The van der Waals surface area contributed by atoms with Gasteiger partial charge < -0.3 is 10.1 Å². The lowest BCUT2D eigenvalue weighted by atomic mass is 10.2. The molecule has 0 aliphatic rings. The van der Waals surface area contributed by atoms with Crippen LogP contribution in [0.5, 0.6) is 0 Å². The second-order valence-electron chi connectivity index (χ2n) is 4.18. The summed E-state index contributed by atoms with van der Waals surface area (Å²) in [5, 5.41) is 3.43. The Bertz CT molecular complexity index is 279. The molecule has 0 aliphatic heterocycles. The summed E-state index contributed by atoms with van der Waals surface area (Å²) in [7, 11) is 0. The second kappa shape index (κ2) is 11.6. The van der Waals surface area contributed by atoms with Gasteiger partial charge in [-0.05, 0) is 36.5 Å². The number of hydrogen-bond donors (Lipinski definition) is 1. The maximum absolute atomic E-state index is 5.58. The van der Waals surface area contributed by atoms with Crippen LogP contribution in [0.4, 0.5) is 0 Å². The molecule has 3 heteroatoms. The first-order valence-corrected chi connectivity index (χ1v) is 7.99. The van der Waals surface area contributed by atoms with E-state index in [1.807, 2.05) is 17.8 Å². The Kier molecular flexibility index (Phi) is 10.00. The van der Waals surface area contributed by atoms with Gasteiger partial charge in [0.1, 0.15) is 0 Å². The van der Waals surface area contributed by atoms with Crippen LogP contribution in [-0.2, 0) is 11.3 Å². The molecular weight excluding hydrogens is 242 g/mol. The third-order valence-corrected chi connectivity index (χ3v) is 3.58. The number of ether oxygens (including phenoxy) is 1. The SMILES string of the molecule is CCSCCCOCCCNCc1ccccc1. The molecule has 1 aromatic carbocycles. The zero-order valence-electron chi connectivity index (χ0n) is 11.4. The molecule has 0 radical (unpaired) electrons. The summed E-state index contributed by atoms with van der Waals surface area (Å²) in [5.74, 6) is 2.44. The molecule has 0 spiro atoms. The largest absolute Gasteiger partial charge is 0.381 e. The van der Waals surface area contributed by atoms with Crippen LogP contribution in [0.1, 0.15) is 25.3 Å². The van der Waals surface area contributed by atoms with Gasteiger partial charge in [0.25, 0.3) is 0 Å². The summed E-state index contributed by atoms with van der Waals surface area (Å²) in [5.41, 5.74) is 1.34. The van der Waals surface area contributed by atoms with Crippen molar-refractivity contribution in [2.75, 3.05) is 31.3 Å². The summed E-state index contributed by atoms with van der Waals surface area (Å²) in [6.07, 6.45) is 2.27. The van der Waals surface area contributed by atoms with Crippen molar-refractivity contribution >= 4 is 11.8 Å². The van der Waals surface area contributed by atoms with E-state index in [0.717, 1.165) is 32.7 Å². The van der Waals surface area contributed by atoms with Crippen LogP contribution >= 0.6 is 11.8 Å². The Morgan fingerprint density at radius 3 is 2.67 bits per heavy atom. The lowest BCUT2D eigenvalue weighted by molar-refractivity contribution is 0.133. The first-order valence-electron chi connectivity index (χ1n) is 6.83. The van der Waals surface area contributed by atoms with Gasteiger partial charge in [-0.3, -0.25) is 0 Å². The van der Waals surface area contributed by atoms with Crippen molar-refractivity contribution in [2.45, 2.75) is 26.3 Å². The fourth-order valence-electron chi connectivity index (χ4n) is 1.64. The van der Waals surface area contributed by atoms with Crippen LogP contribution in [0, 0.1) is 0 Å². The molecule has 0 heterocycles. The Morgan fingerprint density at radius 1 is 1.11 bits per heavy atom. The van der Waals surface area contributed by atoms with Gasteiger partial charge in [-0.15, -0.1) is 0 Å². The molecule has 1 rings (SSSR count). The summed E-state index contributed by atoms with van der Waals surface area (Å²) in [6, 6.07) is 10.5. The molecule has 0 amide bonds. The summed E-state index contributed by atoms with van der Waals surface area (Å²) in [4.78, 5) is 0. The van der Waals surface area contributed by atoms with E-state index < -0.39 is 0 Å². The van der Waals surface area contributed by atoms with Gasteiger partial charge in [0.05, 0.1) is 0 Å². The van der Waals surface area contributed by atoms with Gasteiger partial charge in [0, 0.05) is 19.8 Å². The van der Waals surface area contributed by atoms with E-state index in [9.17, 15) is 0 Å². The minimum absolute atomic E-state index is 0.874. The summed E-state index contributed by atoms with van der Waals surface area (Å²) >= 11 is 1.99. The molecule has 1 aromatic rings. The van der Waals surface area contributed by atoms with E-state index in [0.29, 0.717) is 0 Å². The molecule has 0 aliphatic carbocycles. The molecule has 0 aromatic heterocycles. The molecule has 0 bridgehead atoms. The highest BCUT2D eigenvalue weighted by molar-refractivity contribution is 7.99. The van der Waals surface area contributed by atoms with Crippen molar-refractivity contribution in [3.8, 4) is 0 Å². The van der Waals surface area contributed by atoms with E-state index in [-0.39, 0.29) is 0 Å². The lowest BCUT2D eigenvalue weighted by Crippen LogP contribution is -2.16. The zero-order chi connectivity index (χ0) is 12.9. The van der Waals surface area contributed by atoms with Crippen LogP contribution < -0.4 is 5.32 Å². The fraction of sp³-hybridized carbons (Fsp3) is 0.600. The standard InChI is InChI=1S/C15H25NOS/c1-2-18-13-7-12-17-11-6-10-16-14-15-8-4-3-5-9-15/h3-5,8-9,16H,2,6-7,10-14H2,1H3. The van der Waals surface area contributed by atoms with Crippen molar-refractivity contribution in [1.82, 2.24) is 5.32 Å². The minimum atomic E-state index is 0.874. The average molecular weight is 267 g/mol. The maximum Gasteiger partial charge on any atom is 0.0478 e. The lowest BCUT2D eigenvalue weighted by Gasteiger charge is -2.06. The fourth-order valence-corrected chi connectivity index (χ4v) is 2.25. The van der Waals surface area contributed by atoms with Gasteiger partial charge in [-0.25, -0.2) is 0 Å². The molecule has 0 saturated carbocycles. The zero-order valence-corrected chi connectivity index (χ0v) is 12.2. The van der Waals surface area contributed by atoms with Gasteiger partial charge >= 0.3 is 0 Å². The highest BCUT2D eigenvalue weighted by Gasteiger charge is 1.92. The van der Waals surface area contributed by atoms with Crippen LogP contribution in [-0.4, -0.2) is 31.3 Å². The number of hydrogen-bond acceptors (Lipinski definition) is 3. The van der Waals surface area contributed by atoms with Crippen LogP contribution in [0.3, 0.4) is 0 Å². The Labute approximate surface area is 116 Å². The van der Waals surface area contributed by atoms with Crippen LogP contribution in [0.25, 0.3) is 0 Å². The van der Waals surface area contributed by atoms with Gasteiger partial charge in [0.2, 0.25) is 0 Å². The third-order valence-electron chi connectivity index (χ3n) is 2.60. The van der Waals surface area contributed by atoms with Crippen molar-refractivity contribution < 1.29 is 4.74 Å². The Hall–Kier alpha value is -0.510. The van der Waals surface area contributed by atoms with Crippen LogP contribution in [0.15, 0.2) is 30.3 Å². The predicted molar refractivity (Wildman–Crippen MR) is 81.2 cm³/mol. The van der Waals surface area contributed by atoms with E-state index in [2.05, 4.69) is 36.5 Å². The van der Waals surface area contributed by atoms with Gasteiger partial charge in [-0.2, -0.15) is 11.8 Å². The number of nitrogens with one attached hydrogen (secondary N) is 1. The van der Waals surface area contributed by atoms with E-state index >= 15 is 0 Å². The maximum atomic E-state index is 5.58. The Balaban J connectivity index is 1.82. The quantitative estimate of drug-likeness (QED) is 0.621. The van der Waals surface area contributed by atoms with Crippen LogP contribution in [0.2, 0.25) is 0 Å². The minimum Gasteiger partial charge on any atom is -0.381 e. The van der Waals surface area contributed by atoms with Crippen molar-refractivity contribution in [1.29, 1.82) is 0 Å². The molecule has 0 fully saturated rings. The first kappa shape index (κ1) is 15.5. The smallest absolute Gasteiger partial charge is 0.0478 e. The van der Waals surface area contributed by atoms with E-state index in [1.54, 1.807) is 0 Å². The highest BCUT2D eigenvalue weighted by Crippen LogP contribution is 2.01. The van der Waals surface area contributed by atoms with Crippen molar-refractivity contribution in [2.24, 2.45) is 0 Å². The monoisotopic (exact) mass is 267 g/mol. The van der Waals surface area contributed by atoms with Crippen molar-refractivity contribution in [3.63, 3.8) is 0 Å². The number of rotatable bonds is 11. The first-order chi connectivity index (χ1) is 8.93. The molecule has 1 N–H and O–H groups in total. The average Bonchev–Trinajstić information content (AvgIpc) is 2.42. The predicted octanol–water partition coefficient (Wildman–Crippen LogP) is 3.33. The van der Waals surface area contributed by atoms with Gasteiger partial charge in [0.15, 0.2) is 0 Å². The Morgan fingerprint density at radius 2 is 1.89 bits per heavy atom. The highest BCUT2D eigenvalue weighted by atomic mass is 32.2. The van der Waals surface area contributed by atoms with Crippen molar-refractivity contribution in [3.05, 3.63) is 35.9 Å².